The van der Waals surface area contributed by atoms with Crippen LogP contribution in [0, 0.1) is 11.8 Å². The second-order valence-corrected chi connectivity index (χ2v) is 5.69. The summed E-state index contributed by atoms with van der Waals surface area (Å²) in [6.07, 6.45) is 4.93. The smallest absolute Gasteiger partial charge is 0.225 e. The Morgan fingerprint density at radius 1 is 1.17 bits per heavy atom. The van der Waals surface area contributed by atoms with Crippen molar-refractivity contribution in [2.45, 2.75) is 26.3 Å². The summed E-state index contributed by atoms with van der Waals surface area (Å²) in [4.78, 5) is 13.7. The Labute approximate surface area is 109 Å². The van der Waals surface area contributed by atoms with E-state index in [-0.39, 0.29) is 0 Å². The predicted octanol–water partition coefficient (Wildman–Crippen LogP) is 1.64. The molecule has 0 bridgehead atoms. The topological polar surface area (TPSA) is 32.3 Å². The van der Waals surface area contributed by atoms with Crippen molar-refractivity contribution in [3.05, 3.63) is 18.5 Å². The number of likely N-dealkylation sites (tertiary alicyclic amines) is 1. The van der Waals surface area contributed by atoms with Gasteiger partial charge in [-0.2, -0.15) is 0 Å². The van der Waals surface area contributed by atoms with Gasteiger partial charge in [0.25, 0.3) is 0 Å². The molecule has 0 saturated carbocycles. The SMILES string of the molecule is CC[C@@H](C)N1C[C@H]2CN(c3ncccn3)C[C@H]2C1. The van der Waals surface area contributed by atoms with Gasteiger partial charge < -0.3 is 4.90 Å². The van der Waals surface area contributed by atoms with Crippen LogP contribution in [-0.2, 0) is 0 Å². The Balaban J connectivity index is 1.63. The molecule has 0 aromatic carbocycles. The molecule has 3 heterocycles. The molecule has 18 heavy (non-hydrogen) atoms. The minimum absolute atomic E-state index is 0.733. The first-order chi connectivity index (χ1) is 8.78. The van der Waals surface area contributed by atoms with Crippen LogP contribution in [0.4, 0.5) is 5.95 Å². The lowest BCUT2D eigenvalue weighted by Gasteiger charge is -2.25. The third-order valence-corrected chi connectivity index (χ3v) is 4.56. The van der Waals surface area contributed by atoms with Gasteiger partial charge in [0.2, 0.25) is 5.95 Å². The highest BCUT2D eigenvalue weighted by atomic mass is 15.3. The summed E-state index contributed by atoms with van der Waals surface area (Å²) in [5, 5.41) is 0. The van der Waals surface area contributed by atoms with Crippen molar-refractivity contribution >= 4 is 5.95 Å². The standard InChI is InChI=1S/C14H22N4/c1-3-11(2)17-7-12-9-18(10-13(12)8-17)14-15-5-4-6-16-14/h4-6,11-13H,3,7-10H2,1-2H3/t11-,12-,13+/m1/s1. The van der Waals surface area contributed by atoms with Gasteiger partial charge >= 0.3 is 0 Å². The zero-order valence-electron chi connectivity index (χ0n) is 11.3. The molecule has 0 unspecified atom stereocenters. The fourth-order valence-electron chi connectivity index (χ4n) is 3.27. The van der Waals surface area contributed by atoms with E-state index in [1.807, 2.05) is 18.5 Å². The van der Waals surface area contributed by atoms with Crippen molar-refractivity contribution in [3.8, 4) is 0 Å². The zero-order chi connectivity index (χ0) is 12.5. The first kappa shape index (κ1) is 11.9. The number of fused-ring (bicyclic) bond motifs is 1. The molecule has 4 nitrogen and oxygen atoms in total. The molecule has 0 radical (unpaired) electrons. The van der Waals surface area contributed by atoms with Gasteiger partial charge in [0.05, 0.1) is 0 Å². The van der Waals surface area contributed by atoms with E-state index in [2.05, 4.69) is 33.6 Å². The Kier molecular flexibility index (Phi) is 3.20. The fraction of sp³-hybridized carbons (Fsp3) is 0.714. The van der Waals surface area contributed by atoms with Crippen molar-refractivity contribution in [3.63, 3.8) is 0 Å². The van der Waals surface area contributed by atoms with E-state index in [4.69, 9.17) is 0 Å². The van der Waals surface area contributed by atoms with Crippen molar-refractivity contribution in [1.29, 1.82) is 0 Å². The van der Waals surface area contributed by atoms with E-state index in [0.717, 1.165) is 36.9 Å². The summed E-state index contributed by atoms with van der Waals surface area (Å²) in [7, 11) is 0. The maximum atomic E-state index is 4.36. The average molecular weight is 246 g/mol. The number of rotatable bonds is 3. The van der Waals surface area contributed by atoms with Crippen molar-refractivity contribution in [2.24, 2.45) is 11.8 Å². The minimum atomic E-state index is 0.733. The van der Waals surface area contributed by atoms with Crippen LogP contribution in [0.3, 0.4) is 0 Å². The summed E-state index contributed by atoms with van der Waals surface area (Å²) in [6, 6.07) is 2.61. The van der Waals surface area contributed by atoms with Gasteiger partial charge in [-0.1, -0.05) is 6.92 Å². The highest BCUT2D eigenvalue weighted by molar-refractivity contribution is 5.31. The lowest BCUT2D eigenvalue weighted by molar-refractivity contribution is 0.237. The monoisotopic (exact) mass is 246 g/mol. The molecule has 1 aromatic heterocycles. The summed E-state index contributed by atoms with van der Waals surface area (Å²) >= 11 is 0. The van der Waals surface area contributed by atoms with Gasteiger partial charge in [0, 0.05) is 44.6 Å². The predicted molar refractivity (Wildman–Crippen MR) is 72.6 cm³/mol. The van der Waals surface area contributed by atoms with Gasteiger partial charge in [-0.15, -0.1) is 0 Å². The zero-order valence-corrected chi connectivity index (χ0v) is 11.3. The van der Waals surface area contributed by atoms with Crippen LogP contribution in [0.15, 0.2) is 18.5 Å². The van der Waals surface area contributed by atoms with Crippen LogP contribution in [-0.4, -0.2) is 47.1 Å². The average Bonchev–Trinajstić information content (AvgIpc) is 2.97. The molecule has 2 aliphatic rings. The number of aromatic nitrogens is 2. The van der Waals surface area contributed by atoms with Crippen molar-refractivity contribution in [2.75, 3.05) is 31.1 Å². The summed E-state index contributed by atoms with van der Waals surface area (Å²) in [5.41, 5.74) is 0. The van der Waals surface area contributed by atoms with Gasteiger partial charge in [-0.3, -0.25) is 4.90 Å². The quantitative estimate of drug-likeness (QED) is 0.811. The van der Waals surface area contributed by atoms with Crippen LogP contribution in [0.25, 0.3) is 0 Å². The summed E-state index contributed by atoms with van der Waals surface area (Å²) in [5.74, 6) is 2.52. The number of hydrogen-bond donors (Lipinski definition) is 0. The van der Waals surface area contributed by atoms with Gasteiger partial charge in [-0.25, -0.2) is 9.97 Å². The maximum absolute atomic E-state index is 4.36. The normalized spacial score (nSPS) is 29.6. The Hall–Kier alpha value is -1.16. The molecular formula is C14H22N4. The Bertz CT molecular complexity index is 380. The molecule has 0 N–H and O–H groups in total. The van der Waals surface area contributed by atoms with Crippen LogP contribution in [0.5, 0.6) is 0 Å². The number of nitrogens with zero attached hydrogens (tertiary/aromatic N) is 4. The molecule has 0 aliphatic carbocycles. The van der Waals surface area contributed by atoms with E-state index in [0.29, 0.717) is 0 Å². The number of anilines is 1. The highest BCUT2D eigenvalue weighted by Crippen LogP contribution is 2.33. The van der Waals surface area contributed by atoms with E-state index < -0.39 is 0 Å². The van der Waals surface area contributed by atoms with Crippen LogP contribution >= 0.6 is 0 Å². The fourth-order valence-corrected chi connectivity index (χ4v) is 3.27. The second kappa shape index (κ2) is 4.84. The Morgan fingerprint density at radius 2 is 1.78 bits per heavy atom. The largest absolute Gasteiger partial charge is 0.340 e. The van der Waals surface area contributed by atoms with E-state index in [1.165, 1.54) is 19.5 Å². The lowest BCUT2D eigenvalue weighted by atomic mass is 10.0. The summed E-state index contributed by atoms with van der Waals surface area (Å²) in [6.45, 7) is 9.39. The first-order valence-corrected chi connectivity index (χ1v) is 7.04. The molecule has 2 fully saturated rings. The molecular weight excluding hydrogens is 224 g/mol. The van der Waals surface area contributed by atoms with Crippen LogP contribution in [0.1, 0.15) is 20.3 Å². The first-order valence-electron chi connectivity index (χ1n) is 7.04. The van der Waals surface area contributed by atoms with Crippen molar-refractivity contribution < 1.29 is 0 Å². The molecule has 0 amide bonds. The molecule has 3 rings (SSSR count). The van der Waals surface area contributed by atoms with Gasteiger partial charge in [-0.05, 0) is 31.2 Å². The number of hydrogen-bond acceptors (Lipinski definition) is 4. The van der Waals surface area contributed by atoms with E-state index in [1.54, 1.807) is 0 Å². The maximum Gasteiger partial charge on any atom is 0.225 e. The molecule has 98 valence electrons. The molecule has 2 aliphatic heterocycles. The Morgan fingerprint density at radius 3 is 2.33 bits per heavy atom. The van der Waals surface area contributed by atoms with E-state index in [9.17, 15) is 0 Å². The summed E-state index contributed by atoms with van der Waals surface area (Å²) < 4.78 is 0. The van der Waals surface area contributed by atoms with Crippen LogP contribution < -0.4 is 4.90 Å². The molecule has 0 spiro atoms. The van der Waals surface area contributed by atoms with Gasteiger partial charge in [0.1, 0.15) is 0 Å². The molecule has 4 heteroatoms. The van der Waals surface area contributed by atoms with Crippen LogP contribution in [0.2, 0.25) is 0 Å². The molecule has 3 atom stereocenters. The third-order valence-electron chi connectivity index (χ3n) is 4.56. The second-order valence-electron chi connectivity index (χ2n) is 5.69. The van der Waals surface area contributed by atoms with Gasteiger partial charge in [0.15, 0.2) is 0 Å². The minimum Gasteiger partial charge on any atom is -0.340 e. The third kappa shape index (κ3) is 2.09. The van der Waals surface area contributed by atoms with E-state index >= 15 is 0 Å². The lowest BCUT2D eigenvalue weighted by Crippen LogP contribution is -2.34. The highest BCUT2D eigenvalue weighted by Gasteiger charge is 2.41. The molecule has 1 aromatic rings. The molecule has 2 saturated heterocycles. The van der Waals surface area contributed by atoms with Crippen molar-refractivity contribution in [1.82, 2.24) is 14.9 Å².